The van der Waals surface area contributed by atoms with Crippen molar-refractivity contribution in [2.75, 3.05) is 33.2 Å². The summed E-state index contributed by atoms with van der Waals surface area (Å²) in [5.41, 5.74) is 0. The van der Waals surface area contributed by atoms with Crippen LogP contribution in [-0.2, 0) is 0 Å². The molecule has 0 aromatic carbocycles. The molecular formula is C13H28N4. The highest BCUT2D eigenvalue weighted by Crippen LogP contribution is 2.15. The summed E-state index contributed by atoms with van der Waals surface area (Å²) >= 11 is 0. The molecule has 0 saturated carbocycles. The number of hydrogen-bond acceptors (Lipinski definition) is 2. The molecule has 0 amide bonds. The normalized spacial score (nSPS) is 22.5. The molecule has 1 fully saturated rings. The van der Waals surface area contributed by atoms with Crippen molar-refractivity contribution in [3.05, 3.63) is 0 Å². The van der Waals surface area contributed by atoms with Crippen LogP contribution < -0.4 is 10.6 Å². The lowest BCUT2D eigenvalue weighted by atomic mass is 10.0. The summed E-state index contributed by atoms with van der Waals surface area (Å²) in [6.45, 7) is 8.83. The molecule has 17 heavy (non-hydrogen) atoms. The first-order chi connectivity index (χ1) is 8.31. The van der Waals surface area contributed by atoms with E-state index >= 15 is 0 Å². The zero-order valence-corrected chi connectivity index (χ0v) is 11.6. The topological polar surface area (TPSA) is 39.7 Å². The van der Waals surface area contributed by atoms with Gasteiger partial charge < -0.3 is 10.6 Å². The van der Waals surface area contributed by atoms with Crippen LogP contribution in [0.2, 0.25) is 0 Å². The van der Waals surface area contributed by atoms with Gasteiger partial charge in [0.05, 0.1) is 0 Å². The molecule has 0 aliphatic carbocycles. The Hall–Kier alpha value is -0.770. The molecule has 1 atom stereocenters. The summed E-state index contributed by atoms with van der Waals surface area (Å²) in [5.74, 6) is 0.938. The fourth-order valence-corrected chi connectivity index (χ4v) is 2.39. The van der Waals surface area contributed by atoms with Gasteiger partial charge in [-0.3, -0.25) is 9.89 Å². The zero-order chi connectivity index (χ0) is 12.5. The Morgan fingerprint density at radius 3 is 2.76 bits per heavy atom. The third-order valence-corrected chi connectivity index (χ3v) is 3.43. The summed E-state index contributed by atoms with van der Waals surface area (Å²) in [6.07, 6.45) is 5.16. The van der Waals surface area contributed by atoms with Crippen LogP contribution >= 0.6 is 0 Å². The minimum absolute atomic E-state index is 0.675. The second-order valence-corrected chi connectivity index (χ2v) is 4.66. The Morgan fingerprint density at radius 2 is 2.12 bits per heavy atom. The van der Waals surface area contributed by atoms with E-state index in [1.54, 1.807) is 0 Å². The highest BCUT2D eigenvalue weighted by atomic mass is 15.2. The van der Waals surface area contributed by atoms with Crippen LogP contribution in [0.5, 0.6) is 0 Å². The second kappa shape index (κ2) is 8.34. The van der Waals surface area contributed by atoms with Gasteiger partial charge in [-0.15, -0.1) is 0 Å². The molecule has 0 radical (unpaired) electrons. The van der Waals surface area contributed by atoms with E-state index in [4.69, 9.17) is 0 Å². The Labute approximate surface area is 106 Å². The molecule has 100 valence electrons. The molecule has 0 aromatic heterocycles. The van der Waals surface area contributed by atoms with Gasteiger partial charge in [-0.2, -0.15) is 0 Å². The zero-order valence-electron chi connectivity index (χ0n) is 11.6. The summed E-state index contributed by atoms with van der Waals surface area (Å²) in [7, 11) is 1.84. The van der Waals surface area contributed by atoms with E-state index in [2.05, 4.69) is 34.4 Å². The van der Waals surface area contributed by atoms with Gasteiger partial charge in [0.1, 0.15) is 0 Å². The maximum Gasteiger partial charge on any atom is 0.191 e. The van der Waals surface area contributed by atoms with E-state index in [1.807, 2.05) is 7.05 Å². The van der Waals surface area contributed by atoms with Crippen molar-refractivity contribution in [3.8, 4) is 0 Å². The first-order valence-electron chi connectivity index (χ1n) is 7.00. The molecule has 1 rings (SSSR count). The number of guanidine groups is 1. The summed E-state index contributed by atoms with van der Waals surface area (Å²) in [4.78, 5) is 6.81. The fourth-order valence-electron chi connectivity index (χ4n) is 2.39. The lowest BCUT2D eigenvalue weighted by molar-refractivity contribution is 0.157. The number of nitrogens with one attached hydrogen (secondary N) is 2. The van der Waals surface area contributed by atoms with Crippen LogP contribution in [0.4, 0.5) is 0 Å². The van der Waals surface area contributed by atoms with Crippen LogP contribution in [0.15, 0.2) is 4.99 Å². The third kappa shape index (κ3) is 4.94. The molecule has 1 unspecified atom stereocenters. The third-order valence-electron chi connectivity index (χ3n) is 3.43. The maximum atomic E-state index is 4.24. The predicted octanol–water partition coefficient (Wildman–Crippen LogP) is 1.44. The molecule has 0 spiro atoms. The Bertz CT molecular complexity index is 227. The van der Waals surface area contributed by atoms with Crippen LogP contribution in [0.1, 0.15) is 39.5 Å². The van der Waals surface area contributed by atoms with E-state index in [9.17, 15) is 0 Å². The quantitative estimate of drug-likeness (QED) is 0.564. The van der Waals surface area contributed by atoms with Gasteiger partial charge in [-0.25, -0.2) is 0 Å². The van der Waals surface area contributed by atoms with Crippen molar-refractivity contribution < 1.29 is 0 Å². The summed E-state index contributed by atoms with van der Waals surface area (Å²) in [5, 5.41) is 6.75. The Balaban J connectivity index is 2.31. The predicted molar refractivity (Wildman–Crippen MR) is 74.5 cm³/mol. The first kappa shape index (κ1) is 14.3. The monoisotopic (exact) mass is 240 g/mol. The average molecular weight is 240 g/mol. The number of rotatable bonds is 5. The van der Waals surface area contributed by atoms with E-state index in [-0.39, 0.29) is 0 Å². The fraction of sp³-hybridized carbons (Fsp3) is 0.923. The molecule has 1 aliphatic heterocycles. The van der Waals surface area contributed by atoms with Gasteiger partial charge in [0, 0.05) is 26.2 Å². The second-order valence-electron chi connectivity index (χ2n) is 4.66. The number of piperidine rings is 1. The molecule has 4 heteroatoms. The SMILES string of the molecule is CCCNC(=NC)NCC1CCCCN1CC. The molecule has 1 saturated heterocycles. The number of hydrogen-bond donors (Lipinski definition) is 2. The highest BCUT2D eigenvalue weighted by molar-refractivity contribution is 5.79. The summed E-state index contributed by atoms with van der Waals surface area (Å²) < 4.78 is 0. The molecular weight excluding hydrogens is 212 g/mol. The van der Waals surface area contributed by atoms with E-state index in [0.29, 0.717) is 6.04 Å². The van der Waals surface area contributed by atoms with Crippen molar-refractivity contribution in [2.24, 2.45) is 4.99 Å². The lowest BCUT2D eigenvalue weighted by Gasteiger charge is -2.35. The Morgan fingerprint density at radius 1 is 1.29 bits per heavy atom. The maximum absolute atomic E-state index is 4.24. The van der Waals surface area contributed by atoms with Gasteiger partial charge in [0.25, 0.3) is 0 Å². The Kier molecular flexibility index (Phi) is 7.01. The molecule has 0 bridgehead atoms. The number of likely N-dealkylation sites (N-methyl/N-ethyl adjacent to an activating group) is 1. The van der Waals surface area contributed by atoms with Crippen LogP contribution in [0.25, 0.3) is 0 Å². The van der Waals surface area contributed by atoms with Crippen molar-refractivity contribution in [2.45, 2.75) is 45.6 Å². The number of aliphatic imine (C=N–C) groups is 1. The molecule has 4 nitrogen and oxygen atoms in total. The largest absolute Gasteiger partial charge is 0.356 e. The molecule has 0 aromatic rings. The van der Waals surface area contributed by atoms with Crippen molar-refractivity contribution in [1.82, 2.24) is 15.5 Å². The number of likely N-dealkylation sites (tertiary alicyclic amines) is 1. The average Bonchev–Trinajstić information content (AvgIpc) is 2.39. The molecule has 1 heterocycles. The minimum Gasteiger partial charge on any atom is -0.356 e. The van der Waals surface area contributed by atoms with Gasteiger partial charge in [-0.1, -0.05) is 20.3 Å². The molecule has 1 aliphatic rings. The van der Waals surface area contributed by atoms with Crippen molar-refractivity contribution in [1.29, 1.82) is 0 Å². The van der Waals surface area contributed by atoms with Crippen molar-refractivity contribution >= 4 is 5.96 Å². The van der Waals surface area contributed by atoms with E-state index in [1.165, 1.54) is 25.8 Å². The molecule has 2 N–H and O–H groups in total. The van der Waals surface area contributed by atoms with E-state index in [0.717, 1.165) is 32.0 Å². The van der Waals surface area contributed by atoms with Gasteiger partial charge in [0.15, 0.2) is 5.96 Å². The van der Waals surface area contributed by atoms with Gasteiger partial charge in [-0.05, 0) is 32.4 Å². The standard InChI is InChI=1S/C13H28N4/c1-4-9-15-13(14-3)16-11-12-8-6-7-10-17(12)5-2/h12H,4-11H2,1-3H3,(H2,14,15,16). The highest BCUT2D eigenvalue weighted by Gasteiger charge is 2.20. The lowest BCUT2D eigenvalue weighted by Crippen LogP contribution is -2.49. The van der Waals surface area contributed by atoms with Crippen LogP contribution in [0.3, 0.4) is 0 Å². The minimum atomic E-state index is 0.675. The van der Waals surface area contributed by atoms with Gasteiger partial charge >= 0.3 is 0 Å². The summed E-state index contributed by atoms with van der Waals surface area (Å²) in [6, 6.07) is 0.675. The first-order valence-corrected chi connectivity index (χ1v) is 7.00. The van der Waals surface area contributed by atoms with Crippen molar-refractivity contribution in [3.63, 3.8) is 0 Å². The van der Waals surface area contributed by atoms with E-state index < -0.39 is 0 Å². The smallest absolute Gasteiger partial charge is 0.191 e. The van der Waals surface area contributed by atoms with Crippen LogP contribution in [0, 0.1) is 0 Å². The van der Waals surface area contributed by atoms with Gasteiger partial charge in [0.2, 0.25) is 0 Å². The number of nitrogens with zero attached hydrogens (tertiary/aromatic N) is 2. The van der Waals surface area contributed by atoms with Crippen LogP contribution in [-0.4, -0.2) is 50.1 Å².